The van der Waals surface area contributed by atoms with E-state index in [4.69, 9.17) is 0 Å². The molecule has 0 saturated heterocycles. The van der Waals surface area contributed by atoms with E-state index in [-0.39, 0.29) is 5.91 Å². The molecule has 2 aromatic rings. The zero-order valence-electron chi connectivity index (χ0n) is 9.39. The van der Waals surface area contributed by atoms with Crippen molar-refractivity contribution in [1.29, 1.82) is 0 Å². The van der Waals surface area contributed by atoms with E-state index in [2.05, 4.69) is 28.0 Å². The Morgan fingerprint density at radius 1 is 1.41 bits per heavy atom. The predicted octanol–water partition coefficient (Wildman–Crippen LogP) is 3.62. The number of carbonyl (C=O) groups is 1. The largest absolute Gasteiger partial charge is 0.337 e. The van der Waals surface area contributed by atoms with Crippen LogP contribution in [0.15, 0.2) is 41.1 Å². The zero-order valence-corrected chi connectivity index (χ0v) is 12.4. The molecule has 0 unspecified atom stereocenters. The molecule has 0 aliphatic rings. The van der Waals surface area contributed by atoms with Gasteiger partial charge >= 0.3 is 0 Å². The lowest BCUT2D eigenvalue weighted by Crippen LogP contribution is -2.25. The molecule has 0 aliphatic heterocycles. The SMILES string of the molecule is CN(Cc1ccsc1)C(=O)c1cccc(I)c1. The fourth-order valence-corrected chi connectivity index (χ4v) is 2.77. The second kappa shape index (κ2) is 5.64. The van der Waals surface area contributed by atoms with Crippen LogP contribution >= 0.6 is 33.9 Å². The molecular weight excluding hydrogens is 345 g/mol. The van der Waals surface area contributed by atoms with E-state index in [9.17, 15) is 4.79 Å². The number of halogens is 1. The van der Waals surface area contributed by atoms with Crippen LogP contribution in [0.25, 0.3) is 0 Å². The zero-order chi connectivity index (χ0) is 12.3. The molecule has 2 rings (SSSR count). The van der Waals surface area contributed by atoms with Crippen molar-refractivity contribution in [1.82, 2.24) is 4.90 Å². The Morgan fingerprint density at radius 3 is 2.88 bits per heavy atom. The summed E-state index contributed by atoms with van der Waals surface area (Å²) in [4.78, 5) is 13.9. The van der Waals surface area contributed by atoms with Crippen molar-refractivity contribution in [3.05, 3.63) is 55.8 Å². The maximum absolute atomic E-state index is 12.1. The Morgan fingerprint density at radius 2 is 2.24 bits per heavy atom. The van der Waals surface area contributed by atoms with Crippen LogP contribution in [0.4, 0.5) is 0 Å². The van der Waals surface area contributed by atoms with E-state index < -0.39 is 0 Å². The third-order valence-corrected chi connectivity index (χ3v) is 3.82. The van der Waals surface area contributed by atoms with Crippen LogP contribution in [0.2, 0.25) is 0 Å². The number of amides is 1. The van der Waals surface area contributed by atoms with E-state index in [0.29, 0.717) is 6.54 Å². The average molecular weight is 357 g/mol. The van der Waals surface area contributed by atoms with Crippen molar-refractivity contribution in [3.8, 4) is 0 Å². The van der Waals surface area contributed by atoms with Crippen molar-refractivity contribution in [2.24, 2.45) is 0 Å². The summed E-state index contributed by atoms with van der Waals surface area (Å²) in [7, 11) is 1.83. The van der Waals surface area contributed by atoms with Crippen LogP contribution in [0.3, 0.4) is 0 Å². The van der Waals surface area contributed by atoms with Gasteiger partial charge in [-0.1, -0.05) is 6.07 Å². The standard InChI is InChI=1S/C13H12INOS/c1-15(8-10-5-6-17-9-10)13(16)11-3-2-4-12(14)7-11/h2-7,9H,8H2,1H3. The third kappa shape index (κ3) is 3.29. The summed E-state index contributed by atoms with van der Waals surface area (Å²) in [6.45, 7) is 0.661. The van der Waals surface area contributed by atoms with Crippen molar-refractivity contribution in [2.75, 3.05) is 7.05 Å². The number of carbonyl (C=O) groups excluding carboxylic acids is 1. The summed E-state index contributed by atoms with van der Waals surface area (Å²) in [5.74, 6) is 0.0646. The molecule has 0 spiro atoms. The lowest BCUT2D eigenvalue weighted by molar-refractivity contribution is 0.0785. The Hall–Kier alpha value is -0.880. The van der Waals surface area contributed by atoms with Crippen molar-refractivity contribution >= 4 is 39.8 Å². The summed E-state index contributed by atoms with van der Waals surface area (Å²) in [6.07, 6.45) is 0. The summed E-state index contributed by atoms with van der Waals surface area (Å²) < 4.78 is 1.08. The van der Waals surface area contributed by atoms with Gasteiger partial charge in [-0.2, -0.15) is 11.3 Å². The van der Waals surface area contributed by atoms with Crippen molar-refractivity contribution in [3.63, 3.8) is 0 Å². The monoisotopic (exact) mass is 357 g/mol. The third-order valence-electron chi connectivity index (χ3n) is 2.42. The van der Waals surface area contributed by atoms with Gasteiger partial charge in [0.1, 0.15) is 0 Å². The first-order chi connectivity index (χ1) is 8.16. The molecule has 2 nitrogen and oxygen atoms in total. The molecule has 1 aromatic heterocycles. The molecule has 0 atom stereocenters. The van der Waals surface area contributed by atoms with E-state index in [1.807, 2.05) is 42.8 Å². The lowest BCUT2D eigenvalue weighted by atomic mass is 10.2. The van der Waals surface area contributed by atoms with Gasteiger partial charge in [-0.3, -0.25) is 4.79 Å². The van der Waals surface area contributed by atoms with Gasteiger partial charge in [0, 0.05) is 22.7 Å². The number of hydrogen-bond donors (Lipinski definition) is 0. The molecule has 1 amide bonds. The maximum Gasteiger partial charge on any atom is 0.253 e. The van der Waals surface area contributed by atoms with Crippen molar-refractivity contribution < 1.29 is 4.79 Å². The topological polar surface area (TPSA) is 20.3 Å². The van der Waals surface area contributed by atoms with E-state index in [1.165, 1.54) is 5.56 Å². The highest BCUT2D eigenvalue weighted by molar-refractivity contribution is 14.1. The Kier molecular flexibility index (Phi) is 4.17. The molecule has 0 bridgehead atoms. The summed E-state index contributed by atoms with van der Waals surface area (Å²) in [6, 6.07) is 9.70. The van der Waals surface area contributed by atoms with E-state index >= 15 is 0 Å². The molecule has 0 radical (unpaired) electrons. The first-order valence-electron chi connectivity index (χ1n) is 5.19. The maximum atomic E-state index is 12.1. The Balaban J connectivity index is 2.09. The first kappa shape index (κ1) is 12.6. The van der Waals surface area contributed by atoms with Crippen LogP contribution in [0.1, 0.15) is 15.9 Å². The molecule has 17 heavy (non-hydrogen) atoms. The fraction of sp³-hybridized carbons (Fsp3) is 0.154. The van der Waals surface area contributed by atoms with Crippen LogP contribution in [-0.2, 0) is 6.54 Å². The number of nitrogens with zero attached hydrogens (tertiary/aromatic N) is 1. The molecular formula is C13H12INOS. The summed E-state index contributed by atoms with van der Waals surface area (Å²) in [5.41, 5.74) is 1.92. The van der Waals surface area contributed by atoms with Gasteiger partial charge in [0.25, 0.3) is 5.91 Å². The molecule has 0 aliphatic carbocycles. The van der Waals surface area contributed by atoms with Crippen LogP contribution in [0.5, 0.6) is 0 Å². The van der Waals surface area contributed by atoms with Crippen LogP contribution in [-0.4, -0.2) is 17.9 Å². The minimum absolute atomic E-state index is 0.0646. The quantitative estimate of drug-likeness (QED) is 0.769. The highest BCUT2D eigenvalue weighted by Gasteiger charge is 2.12. The van der Waals surface area contributed by atoms with Gasteiger partial charge < -0.3 is 4.90 Å². The Labute approximate surface area is 118 Å². The molecule has 1 heterocycles. The van der Waals surface area contributed by atoms with Gasteiger partial charge in [-0.05, 0) is 63.2 Å². The predicted molar refractivity (Wildman–Crippen MR) is 79.3 cm³/mol. The second-order valence-electron chi connectivity index (χ2n) is 3.80. The fourth-order valence-electron chi connectivity index (χ4n) is 1.57. The minimum Gasteiger partial charge on any atom is -0.337 e. The van der Waals surface area contributed by atoms with E-state index in [0.717, 1.165) is 9.13 Å². The van der Waals surface area contributed by atoms with Crippen LogP contribution < -0.4 is 0 Å². The highest BCUT2D eigenvalue weighted by Crippen LogP contribution is 2.13. The molecule has 0 saturated carbocycles. The smallest absolute Gasteiger partial charge is 0.253 e. The van der Waals surface area contributed by atoms with Gasteiger partial charge in [-0.15, -0.1) is 0 Å². The number of rotatable bonds is 3. The first-order valence-corrected chi connectivity index (χ1v) is 7.21. The molecule has 4 heteroatoms. The molecule has 0 N–H and O–H groups in total. The van der Waals surface area contributed by atoms with Gasteiger partial charge in [0.15, 0.2) is 0 Å². The van der Waals surface area contributed by atoms with Crippen molar-refractivity contribution in [2.45, 2.75) is 6.54 Å². The van der Waals surface area contributed by atoms with Gasteiger partial charge in [0.2, 0.25) is 0 Å². The molecule has 88 valence electrons. The number of thiophene rings is 1. The lowest BCUT2D eigenvalue weighted by Gasteiger charge is -2.16. The normalized spacial score (nSPS) is 10.2. The summed E-state index contributed by atoms with van der Waals surface area (Å²) in [5, 5.41) is 4.09. The summed E-state index contributed by atoms with van der Waals surface area (Å²) >= 11 is 3.87. The second-order valence-corrected chi connectivity index (χ2v) is 5.83. The molecule has 0 fully saturated rings. The Bertz CT molecular complexity index is 510. The average Bonchev–Trinajstić information content (AvgIpc) is 2.80. The van der Waals surface area contributed by atoms with E-state index in [1.54, 1.807) is 16.2 Å². The number of hydrogen-bond acceptors (Lipinski definition) is 2. The molecule has 1 aromatic carbocycles. The minimum atomic E-state index is 0.0646. The van der Waals surface area contributed by atoms with Crippen LogP contribution in [0, 0.1) is 3.57 Å². The van der Waals surface area contributed by atoms with Gasteiger partial charge in [0.05, 0.1) is 0 Å². The van der Waals surface area contributed by atoms with Gasteiger partial charge in [-0.25, -0.2) is 0 Å². The highest BCUT2D eigenvalue weighted by atomic mass is 127. The number of benzene rings is 1.